The molecule has 108 valence electrons. The first kappa shape index (κ1) is 13.9. The van der Waals surface area contributed by atoms with Crippen molar-refractivity contribution in [2.75, 3.05) is 0 Å². The van der Waals surface area contributed by atoms with Gasteiger partial charge in [0, 0.05) is 11.6 Å². The molecule has 2 aromatic carbocycles. The van der Waals surface area contributed by atoms with Crippen molar-refractivity contribution in [3.05, 3.63) is 70.7 Å². The van der Waals surface area contributed by atoms with E-state index in [1.54, 1.807) is 0 Å². The van der Waals surface area contributed by atoms with Gasteiger partial charge in [0.05, 0.1) is 0 Å². The average molecular weight is 279 g/mol. The Morgan fingerprint density at radius 1 is 0.952 bits per heavy atom. The van der Waals surface area contributed by atoms with Crippen molar-refractivity contribution in [2.45, 2.75) is 33.2 Å². The molecule has 2 nitrogen and oxygen atoms in total. The smallest absolute Gasteiger partial charge is 0.106 e. The quantitative estimate of drug-likeness (QED) is 0.761. The van der Waals surface area contributed by atoms with E-state index in [4.69, 9.17) is 10.2 Å². The summed E-state index contributed by atoms with van der Waals surface area (Å²) in [4.78, 5) is 0. The van der Waals surface area contributed by atoms with Gasteiger partial charge in [-0.25, -0.2) is 0 Å². The Kier molecular flexibility index (Phi) is 3.56. The summed E-state index contributed by atoms with van der Waals surface area (Å²) in [6.07, 6.45) is 0.821. The van der Waals surface area contributed by atoms with E-state index < -0.39 is 0 Å². The monoisotopic (exact) mass is 279 g/mol. The summed E-state index contributed by atoms with van der Waals surface area (Å²) in [6, 6.07) is 14.8. The van der Waals surface area contributed by atoms with Gasteiger partial charge in [0.15, 0.2) is 0 Å². The van der Waals surface area contributed by atoms with Crippen molar-refractivity contribution >= 4 is 10.8 Å². The number of aryl methyl sites for hydroxylation is 2. The predicted octanol–water partition coefficient (Wildman–Crippen LogP) is 4.60. The van der Waals surface area contributed by atoms with Crippen LogP contribution in [-0.2, 0) is 6.42 Å². The zero-order valence-electron chi connectivity index (χ0n) is 12.8. The van der Waals surface area contributed by atoms with Gasteiger partial charge in [0.25, 0.3) is 0 Å². The number of hydrogen-bond acceptors (Lipinski definition) is 2. The molecule has 0 spiro atoms. The molecule has 0 aliphatic carbocycles. The third-order valence-corrected chi connectivity index (χ3v) is 4.31. The van der Waals surface area contributed by atoms with Gasteiger partial charge in [-0.1, -0.05) is 42.5 Å². The molecular formula is C19H21NO. The highest BCUT2D eigenvalue weighted by Gasteiger charge is 2.18. The molecule has 21 heavy (non-hydrogen) atoms. The zero-order valence-corrected chi connectivity index (χ0v) is 12.8. The number of furan rings is 1. The summed E-state index contributed by atoms with van der Waals surface area (Å²) in [5.41, 5.74) is 10.1. The van der Waals surface area contributed by atoms with Crippen LogP contribution in [0.4, 0.5) is 0 Å². The summed E-state index contributed by atoms with van der Waals surface area (Å²) >= 11 is 0. The Hall–Kier alpha value is -2.06. The van der Waals surface area contributed by atoms with Crippen LogP contribution in [0, 0.1) is 20.8 Å². The summed E-state index contributed by atoms with van der Waals surface area (Å²) in [5.74, 6) is 1.91. The maximum atomic E-state index is 6.47. The van der Waals surface area contributed by atoms with Crippen molar-refractivity contribution in [3.8, 4) is 0 Å². The van der Waals surface area contributed by atoms with Crippen molar-refractivity contribution in [1.82, 2.24) is 0 Å². The first-order valence-electron chi connectivity index (χ1n) is 7.36. The third kappa shape index (κ3) is 2.47. The standard InChI is InChI=1S/C19H21NO/c1-12-13(2)21-14(3)19(12)18(20)11-16-9-6-8-15-7-4-5-10-17(15)16/h4-10,18H,11,20H2,1-3H3. The van der Waals surface area contributed by atoms with Gasteiger partial charge in [-0.05, 0) is 49.1 Å². The Morgan fingerprint density at radius 2 is 1.67 bits per heavy atom. The second-order valence-corrected chi connectivity index (χ2v) is 5.70. The molecule has 1 unspecified atom stereocenters. The summed E-state index contributed by atoms with van der Waals surface area (Å²) < 4.78 is 5.71. The van der Waals surface area contributed by atoms with Gasteiger partial charge in [-0.2, -0.15) is 0 Å². The van der Waals surface area contributed by atoms with Crippen LogP contribution < -0.4 is 5.73 Å². The summed E-state index contributed by atoms with van der Waals surface area (Å²) in [7, 11) is 0. The SMILES string of the molecule is Cc1oc(C)c(C(N)Cc2cccc3ccccc23)c1C. The molecule has 0 amide bonds. The number of benzene rings is 2. The van der Waals surface area contributed by atoms with Crippen LogP contribution in [-0.4, -0.2) is 0 Å². The molecule has 2 heteroatoms. The van der Waals surface area contributed by atoms with Gasteiger partial charge in [-0.15, -0.1) is 0 Å². The van der Waals surface area contributed by atoms with Gasteiger partial charge in [0.2, 0.25) is 0 Å². The number of rotatable bonds is 3. The van der Waals surface area contributed by atoms with Crippen molar-refractivity contribution in [3.63, 3.8) is 0 Å². The Balaban J connectivity index is 1.98. The van der Waals surface area contributed by atoms with Gasteiger partial charge in [-0.3, -0.25) is 0 Å². The van der Waals surface area contributed by atoms with E-state index in [0.29, 0.717) is 0 Å². The Labute approximate surface area is 125 Å². The van der Waals surface area contributed by atoms with Crippen molar-refractivity contribution < 1.29 is 4.42 Å². The lowest BCUT2D eigenvalue weighted by Crippen LogP contribution is -2.15. The van der Waals surface area contributed by atoms with Crippen LogP contribution in [0.5, 0.6) is 0 Å². The van der Waals surface area contributed by atoms with E-state index in [2.05, 4.69) is 49.4 Å². The lowest BCUT2D eigenvalue weighted by Gasteiger charge is -2.14. The predicted molar refractivity (Wildman–Crippen MR) is 87.5 cm³/mol. The second-order valence-electron chi connectivity index (χ2n) is 5.70. The van der Waals surface area contributed by atoms with Crippen LogP contribution in [0.15, 0.2) is 46.9 Å². The van der Waals surface area contributed by atoms with Crippen LogP contribution in [0.3, 0.4) is 0 Å². The Bertz CT molecular complexity index is 780. The number of hydrogen-bond donors (Lipinski definition) is 1. The van der Waals surface area contributed by atoms with Crippen molar-refractivity contribution in [2.24, 2.45) is 5.73 Å². The molecule has 0 saturated heterocycles. The Morgan fingerprint density at radius 3 is 2.38 bits per heavy atom. The second kappa shape index (κ2) is 5.38. The third-order valence-electron chi connectivity index (χ3n) is 4.31. The lowest BCUT2D eigenvalue weighted by atomic mass is 9.93. The van der Waals surface area contributed by atoms with E-state index in [1.165, 1.54) is 21.9 Å². The topological polar surface area (TPSA) is 39.2 Å². The van der Waals surface area contributed by atoms with Crippen LogP contribution in [0.25, 0.3) is 10.8 Å². The highest BCUT2D eigenvalue weighted by atomic mass is 16.3. The maximum Gasteiger partial charge on any atom is 0.106 e. The van der Waals surface area contributed by atoms with Gasteiger partial charge < -0.3 is 10.2 Å². The first-order chi connectivity index (χ1) is 10.1. The van der Waals surface area contributed by atoms with Gasteiger partial charge >= 0.3 is 0 Å². The molecule has 3 rings (SSSR count). The summed E-state index contributed by atoms with van der Waals surface area (Å²) in [6.45, 7) is 6.08. The summed E-state index contributed by atoms with van der Waals surface area (Å²) in [5, 5.41) is 2.55. The highest BCUT2D eigenvalue weighted by Crippen LogP contribution is 2.29. The molecule has 0 bridgehead atoms. The molecule has 0 radical (unpaired) electrons. The number of fused-ring (bicyclic) bond motifs is 1. The van der Waals surface area contributed by atoms with Crippen LogP contribution in [0.2, 0.25) is 0 Å². The molecule has 1 heterocycles. The fourth-order valence-corrected chi connectivity index (χ4v) is 3.16. The fraction of sp³-hybridized carbons (Fsp3) is 0.263. The van der Waals surface area contributed by atoms with Crippen LogP contribution >= 0.6 is 0 Å². The van der Waals surface area contributed by atoms with E-state index in [-0.39, 0.29) is 6.04 Å². The zero-order chi connectivity index (χ0) is 15.0. The van der Waals surface area contributed by atoms with Crippen LogP contribution in [0.1, 0.15) is 34.3 Å². The highest BCUT2D eigenvalue weighted by molar-refractivity contribution is 5.85. The van der Waals surface area contributed by atoms with Crippen molar-refractivity contribution in [1.29, 1.82) is 0 Å². The molecule has 0 aliphatic heterocycles. The molecule has 0 fully saturated rings. The molecule has 0 aliphatic rings. The molecule has 0 saturated carbocycles. The minimum absolute atomic E-state index is 0.0340. The molecule has 1 aromatic heterocycles. The molecule has 2 N–H and O–H groups in total. The minimum atomic E-state index is -0.0340. The minimum Gasteiger partial charge on any atom is -0.466 e. The average Bonchev–Trinajstić information content (AvgIpc) is 2.72. The largest absolute Gasteiger partial charge is 0.466 e. The maximum absolute atomic E-state index is 6.47. The normalized spacial score (nSPS) is 12.8. The van der Waals surface area contributed by atoms with E-state index in [0.717, 1.165) is 23.5 Å². The van der Waals surface area contributed by atoms with Gasteiger partial charge in [0.1, 0.15) is 11.5 Å². The number of nitrogens with two attached hydrogens (primary N) is 1. The van der Waals surface area contributed by atoms with E-state index >= 15 is 0 Å². The van der Waals surface area contributed by atoms with E-state index in [1.807, 2.05) is 13.8 Å². The molecule has 1 atom stereocenters. The first-order valence-corrected chi connectivity index (χ1v) is 7.36. The molecule has 3 aromatic rings. The lowest BCUT2D eigenvalue weighted by molar-refractivity contribution is 0.496. The molecular weight excluding hydrogens is 258 g/mol. The fourth-order valence-electron chi connectivity index (χ4n) is 3.16. The van der Waals surface area contributed by atoms with E-state index in [9.17, 15) is 0 Å².